The first-order valence-corrected chi connectivity index (χ1v) is 12.2. The summed E-state index contributed by atoms with van der Waals surface area (Å²) in [5, 5.41) is 9.28. The minimum absolute atomic E-state index is 0.0620. The molecule has 0 bridgehead atoms. The number of fused-ring (bicyclic) bond motifs is 5. The van der Waals surface area contributed by atoms with Crippen LogP contribution in [0.3, 0.4) is 0 Å². The summed E-state index contributed by atoms with van der Waals surface area (Å²) >= 11 is 6.91. The van der Waals surface area contributed by atoms with Crippen molar-refractivity contribution in [3.63, 3.8) is 0 Å². The van der Waals surface area contributed by atoms with E-state index in [0.717, 1.165) is 0 Å². The van der Waals surface area contributed by atoms with Gasteiger partial charge in [-0.3, -0.25) is 25.1 Å². The van der Waals surface area contributed by atoms with E-state index in [-0.39, 0.29) is 42.1 Å². The third kappa shape index (κ3) is 3.33. The van der Waals surface area contributed by atoms with Crippen LogP contribution >= 0.6 is 11.6 Å². The zero-order valence-electron chi connectivity index (χ0n) is 20.2. The summed E-state index contributed by atoms with van der Waals surface area (Å²) in [7, 11) is 1.51. The molecule has 0 unspecified atom stereocenters. The number of carbonyl (C=O) groups is 4. The Morgan fingerprint density at radius 2 is 1.92 bits per heavy atom. The normalized spacial score (nSPS) is 28.8. The number of hydrogen-bond acceptors (Lipinski definition) is 10. The Labute approximate surface area is 215 Å². The van der Waals surface area contributed by atoms with Gasteiger partial charge in [0.05, 0.1) is 42.5 Å². The van der Waals surface area contributed by atoms with E-state index in [9.17, 15) is 19.2 Å². The Balaban J connectivity index is 1.52. The van der Waals surface area contributed by atoms with Crippen molar-refractivity contribution >= 4 is 58.0 Å². The molecule has 4 aliphatic rings. The zero-order chi connectivity index (χ0) is 26.2. The SMILES string of the molecule is COC[C@H]1CN(c2noc3c(Cl)c4c(cc23)CC2(C(=O)NC(=O)NC2=O)[C@H]2[C@H](C)O[C@H](C)CN42)C(=O)O1. The maximum atomic E-state index is 13.4. The molecule has 14 heteroatoms. The van der Waals surface area contributed by atoms with Gasteiger partial charge in [0.25, 0.3) is 0 Å². The van der Waals surface area contributed by atoms with E-state index in [0.29, 0.717) is 23.2 Å². The number of aromatic nitrogens is 1. The van der Waals surface area contributed by atoms with Gasteiger partial charge in [-0.05, 0) is 31.9 Å². The minimum atomic E-state index is -1.66. The topological polar surface area (TPSA) is 153 Å². The minimum Gasteiger partial charge on any atom is -0.441 e. The molecule has 13 nitrogen and oxygen atoms in total. The quantitative estimate of drug-likeness (QED) is 0.553. The molecule has 0 aliphatic carbocycles. The van der Waals surface area contributed by atoms with Crippen LogP contribution in [0.2, 0.25) is 5.02 Å². The summed E-state index contributed by atoms with van der Waals surface area (Å²) < 4.78 is 22.1. The predicted octanol–water partition coefficient (Wildman–Crippen LogP) is 1.34. The summed E-state index contributed by atoms with van der Waals surface area (Å²) in [6.45, 7) is 4.41. The Kier molecular flexibility index (Phi) is 5.37. The van der Waals surface area contributed by atoms with E-state index in [2.05, 4.69) is 15.8 Å². The number of urea groups is 1. The average molecular weight is 534 g/mol. The van der Waals surface area contributed by atoms with E-state index in [1.165, 1.54) is 12.0 Å². The van der Waals surface area contributed by atoms with E-state index in [1.54, 1.807) is 13.0 Å². The number of imide groups is 2. The molecule has 1 spiro atoms. The first-order chi connectivity index (χ1) is 17.6. The van der Waals surface area contributed by atoms with Crippen molar-refractivity contribution < 1.29 is 37.9 Å². The van der Waals surface area contributed by atoms with Crippen LogP contribution in [0, 0.1) is 5.41 Å². The van der Waals surface area contributed by atoms with Crippen LogP contribution in [0.1, 0.15) is 19.4 Å². The number of amides is 5. The third-order valence-corrected chi connectivity index (χ3v) is 7.78. The number of cyclic esters (lactones) is 1. The number of halogens is 1. The molecule has 5 heterocycles. The van der Waals surface area contributed by atoms with Crippen molar-refractivity contribution in [1.82, 2.24) is 15.8 Å². The Bertz CT molecular complexity index is 1340. The van der Waals surface area contributed by atoms with Gasteiger partial charge in [-0.25, -0.2) is 9.59 Å². The summed E-state index contributed by atoms with van der Waals surface area (Å²) in [6, 6.07) is 0.104. The number of hydrogen-bond donors (Lipinski definition) is 2. The van der Waals surface area contributed by atoms with Gasteiger partial charge in [-0.2, -0.15) is 0 Å². The molecule has 196 valence electrons. The molecule has 4 atom stereocenters. The molecule has 2 N–H and O–H groups in total. The number of morpholine rings is 1. The fourth-order valence-electron chi connectivity index (χ4n) is 6.10. The fourth-order valence-corrected chi connectivity index (χ4v) is 6.46. The maximum Gasteiger partial charge on any atom is 0.416 e. The number of benzene rings is 1. The van der Waals surface area contributed by atoms with Crippen LogP contribution in [0.25, 0.3) is 11.0 Å². The van der Waals surface area contributed by atoms with Crippen LogP contribution in [-0.4, -0.2) is 80.3 Å². The number of methoxy groups -OCH3 is 1. The Hall–Kier alpha value is -3.42. The number of carbonyl (C=O) groups excluding carboxylic acids is 4. The molecule has 3 fully saturated rings. The van der Waals surface area contributed by atoms with Gasteiger partial charge >= 0.3 is 12.1 Å². The lowest BCUT2D eigenvalue weighted by Crippen LogP contribution is -2.75. The monoisotopic (exact) mass is 533 g/mol. The summed E-state index contributed by atoms with van der Waals surface area (Å²) in [5.74, 6) is -1.21. The summed E-state index contributed by atoms with van der Waals surface area (Å²) in [5.41, 5.74) is -0.244. The second kappa shape index (κ2) is 8.30. The molecule has 3 saturated heterocycles. The first-order valence-electron chi connectivity index (χ1n) is 11.8. The standard InChI is InChI=1S/C23H24ClN5O8/c1-9-6-28-15-11(5-23(17(28)10(2)35-9)19(30)25-21(32)26-20(23)31)4-13-16(14(15)24)37-27-18(13)29-7-12(8-34-3)36-22(29)33/h4,9-10,12,17H,5-8H2,1-3H3,(H2,25,26,30,31,32)/t9-,10+,12-,17-/m1/s1. The van der Waals surface area contributed by atoms with Crippen molar-refractivity contribution in [2.45, 2.75) is 44.6 Å². The molecule has 1 aromatic heterocycles. The third-order valence-electron chi connectivity index (χ3n) is 7.43. The molecular formula is C23H24ClN5O8. The molecule has 0 radical (unpaired) electrons. The highest BCUT2D eigenvalue weighted by Gasteiger charge is 2.63. The molecule has 5 amide bonds. The highest BCUT2D eigenvalue weighted by Crippen LogP contribution is 2.51. The van der Waals surface area contributed by atoms with Gasteiger partial charge in [0.2, 0.25) is 11.8 Å². The molecule has 1 aromatic carbocycles. The number of nitrogens with one attached hydrogen (secondary N) is 2. The Morgan fingerprint density at radius 3 is 2.62 bits per heavy atom. The van der Waals surface area contributed by atoms with Crippen molar-refractivity contribution in [3.8, 4) is 0 Å². The van der Waals surface area contributed by atoms with Gasteiger partial charge in [0.1, 0.15) is 11.1 Å². The summed E-state index contributed by atoms with van der Waals surface area (Å²) in [6.07, 6.45) is -1.93. The highest BCUT2D eigenvalue weighted by atomic mass is 35.5. The van der Waals surface area contributed by atoms with Crippen LogP contribution in [-0.2, 0) is 30.2 Å². The highest BCUT2D eigenvalue weighted by molar-refractivity contribution is 6.38. The van der Waals surface area contributed by atoms with Gasteiger partial charge in [-0.15, -0.1) is 0 Å². The largest absolute Gasteiger partial charge is 0.441 e. The van der Waals surface area contributed by atoms with Crippen molar-refractivity contribution in [3.05, 3.63) is 16.7 Å². The molecular weight excluding hydrogens is 510 g/mol. The summed E-state index contributed by atoms with van der Waals surface area (Å²) in [4.78, 5) is 54.5. The van der Waals surface area contributed by atoms with Crippen LogP contribution < -0.4 is 20.4 Å². The molecule has 2 aromatic rings. The van der Waals surface area contributed by atoms with Gasteiger partial charge in [0, 0.05) is 13.7 Å². The Morgan fingerprint density at radius 1 is 1.19 bits per heavy atom. The van der Waals surface area contributed by atoms with Crippen LogP contribution in [0.15, 0.2) is 10.6 Å². The fraction of sp³-hybridized carbons (Fsp3) is 0.522. The molecule has 4 aliphatic heterocycles. The number of barbiturate groups is 1. The molecule has 0 saturated carbocycles. The van der Waals surface area contributed by atoms with E-state index >= 15 is 0 Å². The molecule has 6 rings (SSSR count). The van der Waals surface area contributed by atoms with Gasteiger partial charge in [0.15, 0.2) is 16.8 Å². The van der Waals surface area contributed by atoms with Crippen molar-refractivity contribution in [1.29, 1.82) is 0 Å². The second-order valence-electron chi connectivity index (χ2n) is 9.79. The lowest BCUT2D eigenvalue weighted by Gasteiger charge is -2.55. The maximum absolute atomic E-state index is 13.4. The van der Waals surface area contributed by atoms with Crippen molar-refractivity contribution in [2.75, 3.05) is 36.6 Å². The van der Waals surface area contributed by atoms with E-state index < -0.39 is 47.6 Å². The van der Waals surface area contributed by atoms with Gasteiger partial charge < -0.3 is 23.6 Å². The number of anilines is 2. The first kappa shape index (κ1) is 23.9. The van der Waals surface area contributed by atoms with Gasteiger partial charge in [-0.1, -0.05) is 16.8 Å². The van der Waals surface area contributed by atoms with E-state index in [4.69, 9.17) is 30.3 Å². The van der Waals surface area contributed by atoms with Crippen LogP contribution in [0.5, 0.6) is 0 Å². The second-order valence-corrected chi connectivity index (χ2v) is 10.2. The number of ether oxygens (including phenoxy) is 3. The number of rotatable bonds is 3. The van der Waals surface area contributed by atoms with E-state index in [1.807, 2.05) is 11.8 Å². The number of nitrogens with zero attached hydrogens (tertiary/aromatic N) is 3. The van der Waals surface area contributed by atoms with Crippen LogP contribution in [0.4, 0.5) is 21.1 Å². The zero-order valence-corrected chi connectivity index (χ0v) is 21.0. The lowest BCUT2D eigenvalue weighted by atomic mass is 9.66. The average Bonchev–Trinajstić information content (AvgIpc) is 3.40. The van der Waals surface area contributed by atoms with Crippen molar-refractivity contribution in [2.24, 2.45) is 5.41 Å². The smallest absolute Gasteiger partial charge is 0.416 e. The lowest BCUT2D eigenvalue weighted by molar-refractivity contribution is -0.153. The molecule has 37 heavy (non-hydrogen) atoms. The predicted molar refractivity (Wildman–Crippen MR) is 127 cm³/mol.